The molecule has 6 nitrogen and oxygen atoms in total. The Morgan fingerprint density at radius 2 is 1.54 bits per heavy atom. The highest BCUT2D eigenvalue weighted by molar-refractivity contribution is 6.52. The zero-order valence-electron chi connectivity index (χ0n) is 14.9. The number of nitrogens with zero attached hydrogens (tertiary/aromatic N) is 3. The van der Waals surface area contributed by atoms with Gasteiger partial charge in [-0.15, -0.1) is 0 Å². The van der Waals surface area contributed by atoms with Crippen LogP contribution >= 0.6 is 0 Å². The van der Waals surface area contributed by atoms with Gasteiger partial charge in [-0.25, -0.2) is 14.6 Å². The second-order valence-corrected chi connectivity index (χ2v) is 6.26. The minimum atomic E-state index is -0.811. The van der Waals surface area contributed by atoms with Gasteiger partial charge >= 0.3 is 17.8 Å². The Kier molecular flexibility index (Phi) is 5.14. The summed E-state index contributed by atoms with van der Waals surface area (Å²) in [6.07, 6.45) is 0. The van der Waals surface area contributed by atoms with Crippen LogP contribution < -0.4 is 4.90 Å². The molecule has 1 aliphatic heterocycles. The molecular weight excluding hydrogens is 330 g/mol. The normalized spacial score (nSPS) is 14.7. The van der Waals surface area contributed by atoms with Crippen molar-refractivity contribution in [2.75, 3.05) is 18.1 Å². The van der Waals surface area contributed by atoms with Crippen LogP contribution in [0.2, 0.25) is 0 Å². The molecule has 2 aromatic rings. The molecule has 3 rings (SSSR count). The highest BCUT2D eigenvalue weighted by atomic mass is 16.2. The van der Waals surface area contributed by atoms with Crippen molar-refractivity contribution in [2.24, 2.45) is 0 Å². The van der Waals surface area contributed by atoms with Crippen molar-refractivity contribution in [3.05, 3.63) is 65.7 Å². The van der Waals surface area contributed by atoms with Crippen molar-refractivity contribution in [3.63, 3.8) is 0 Å². The Morgan fingerprint density at radius 3 is 2.15 bits per heavy atom. The van der Waals surface area contributed by atoms with E-state index in [4.69, 9.17) is 0 Å². The van der Waals surface area contributed by atoms with Gasteiger partial charge in [0.15, 0.2) is 0 Å². The maximum atomic E-state index is 12.7. The van der Waals surface area contributed by atoms with Crippen LogP contribution in [0.25, 0.3) is 0 Å². The average molecular weight is 351 g/mol. The van der Waals surface area contributed by atoms with Crippen LogP contribution in [-0.2, 0) is 16.1 Å². The first-order valence-electron chi connectivity index (χ1n) is 8.54. The van der Waals surface area contributed by atoms with Gasteiger partial charge in [0.2, 0.25) is 0 Å². The van der Waals surface area contributed by atoms with Crippen LogP contribution in [0.3, 0.4) is 0 Å². The number of benzene rings is 2. The van der Waals surface area contributed by atoms with Crippen molar-refractivity contribution in [3.8, 4) is 0 Å². The summed E-state index contributed by atoms with van der Waals surface area (Å²) in [5.41, 5.74) is 2.50. The molecule has 0 unspecified atom stereocenters. The number of rotatable bonds is 6. The lowest BCUT2D eigenvalue weighted by Crippen LogP contribution is -2.42. The van der Waals surface area contributed by atoms with E-state index in [0.29, 0.717) is 18.8 Å². The fourth-order valence-electron chi connectivity index (χ4n) is 2.86. The largest absolute Gasteiger partial charge is 0.340 e. The molecule has 4 amide bonds. The van der Waals surface area contributed by atoms with Crippen LogP contribution in [-0.4, -0.2) is 40.9 Å². The Bertz CT molecular complexity index is 818. The minimum Gasteiger partial charge on any atom is -0.281 e. The fraction of sp³-hybridized carbons (Fsp3) is 0.250. The molecule has 134 valence electrons. The summed E-state index contributed by atoms with van der Waals surface area (Å²) in [6.45, 7) is 5.18. The lowest BCUT2D eigenvalue weighted by atomic mass is 10.2. The number of imide groups is 2. The number of aryl methyl sites for hydroxylation is 1. The van der Waals surface area contributed by atoms with Gasteiger partial charge in [-0.3, -0.25) is 14.5 Å². The van der Waals surface area contributed by atoms with Crippen molar-refractivity contribution in [1.29, 1.82) is 0 Å². The van der Waals surface area contributed by atoms with E-state index < -0.39 is 17.8 Å². The molecule has 6 heteroatoms. The number of urea groups is 1. The Morgan fingerprint density at radius 1 is 0.885 bits per heavy atom. The summed E-state index contributed by atoms with van der Waals surface area (Å²) in [4.78, 5) is 41.3. The van der Waals surface area contributed by atoms with Gasteiger partial charge < -0.3 is 0 Å². The van der Waals surface area contributed by atoms with Crippen molar-refractivity contribution < 1.29 is 14.4 Å². The molecule has 26 heavy (non-hydrogen) atoms. The number of anilines is 1. The first kappa shape index (κ1) is 17.8. The van der Waals surface area contributed by atoms with E-state index in [9.17, 15) is 14.4 Å². The van der Waals surface area contributed by atoms with E-state index >= 15 is 0 Å². The summed E-state index contributed by atoms with van der Waals surface area (Å²) >= 11 is 0. The summed E-state index contributed by atoms with van der Waals surface area (Å²) < 4.78 is 0. The first-order valence-corrected chi connectivity index (χ1v) is 8.54. The van der Waals surface area contributed by atoms with Gasteiger partial charge in [0.05, 0.1) is 12.4 Å². The van der Waals surface area contributed by atoms with E-state index in [1.54, 1.807) is 24.3 Å². The lowest BCUT2D eigenvalue weighted by Gasteiger charge is -2.25. The van der Waals surface area contributed by atoms with Gasteiger partial charge in [-0.05, 0) is 31.2 Å². The van der Waals surface area contributed by atoms with E-state index in [-0.39, 0.29) is 6.67 Å². The minimum absolute atomic E-state index is 0.0805. The molecule has 0 bridgehead atoms. The molecular formula is C20H21N3O3. The summed E-state index contributed by atoms with van der Waals surface area (Å²) in [5, 5.41) is 0. The molecule has 0 saturated carbocycles. The van der Waals surface area contributed by atoms with Crippen LogP contribution in [0.4, 0.5) is 10.5 Å². The van der Waals surface area contributed by atoms with Gasteiger partial charge in [-0.2, -0.15) is 0 Å². The van der Waals surface area contributed by atoms with Gasteiger partial charge in [0.25, 0.3) is 0 Å². The molecule has 2 aromatic carbocycles. The lowest BCUT2D eigenvalue weighted by molar-refractivity contribution is -0.140. The van der Waals surface area contributed by atoms with Crippen LogP contribution in [0.15, 0.2) is 54.6 Å². The standard InChI is InChI=1S/C20H21N3O3/c1-3-21(13-16-7-5-4-6-8-16)14-22-18(24)19(25)23(20(22)26)17-11-9-15(2)10-12-17/h4-12H,3,13-14H2,1-2H3. The monoisotopic (exact) mass is 351 g/mol. The zero-order valence-corrected chi connectivity index (χ0v) is 14.9. The highest BCUT2D eigenvalue weighted by Gasteiger charge is 2.45. The second kappa shape index (κ2) is 7.49. The molecule has 1 saturated heterocycles. The predicted octanol–water partition coefficient (Wildman–Crippen LogP) is 2.77. The van der Waals surface area contributed by atoms with Crippen LogP contribution in [0.1, 0.15) is 18.1 Å². The number of hydrogen-bond acceptors (Lipinski definition) is 4. The van der Waals surface area contributed by atoms with Crippen LogP contribution in [0, 0.1) is 6.92 Å². The first-order chi connectivity index (χ1) is 12.5. The van der Waals surface area contributed by atoms with E-state index in [0.717, 1.165) is 20.9 Å². The smallest absolute Gasteiger partial charge is 0.281 e. The molecule has 1 fully saturated rings. The van der Waals surface area contributed by atoms with Gasteiger partial charge in [-0.1, -0.05) is 55.0 Å². The average Bonchev–Trinajstić information content (AvgIpc) is 2.86. The predicted molar refractivity (Wildman–Crippen MR) is 98.3 cm³/mol. The molecule has 0 N–H and O–H groups in total. The summed E-state index contributed by atoms with van der Waals surface area (Å²) in [6, 6.07) is 16.1. The molecule has 0 aliphatic carbocycles. The molecule has 0 spiro atoms. The maximum absolute atomic E-state index is 12.7. The number of carbonyl (C=O) groups is 3. The van der Waals surface area contributed by atoms with E-state index in [1.807, 2.05) is 49.1 Å². The zero-order chi connectivity index (χ0) is 18.7. The number of amides is 4. The molecule has 0 aromatic heterocycles. The quantitative estimate of drug-likeness (QED) is 0.593. The SMILES string of the molecule is CCN(Cc1ccccc1)CN1C(=O)C(=O)N(c2ccc(C)cc2)C1=O. The van der Waals surface area contributed by atoms with E-state index in [1.165, 1.54) is 0 Å². The van der Waals surface area contributed by atoms with Crippen molar-refractivity contribution >= 4 is 23.5 Å². The number of hydrogen-bond donors (Lipinski definition) is 0. The third-order valence-corrected chi connectivity index (χ3v) is 4.38. The fourth-order valence-corrected chi connectivity index (χ4v) is 2.86. The second-order valence-electron chi connectivity index (χ2n) is 6.26. The third-order valence-electron chi connectivity index (χ3n) is 4.38. The summed E-state index contributed by atoms with van der Waals surface area (Å²) in [5.74, 6) is -1.60. The summed E-state index contributed by atoms with van der Waals surface area (Å²) in [7, 11) is 0. The Labute approximate surface area is 152 Å². The molecule has 1 heterocycles. The Balaban J connectivity index is 1.77. The maximum Gasteiger partial charge on any atom is 0.340 e. The molecule has 1 aliphatic rings. The van der Waals surface area contributed by atoms with Crippen LogP contribution in [0.5, 0.6) is 0 Å². The topological polar surface area (TPSA) is 60.9 Å². The van der Waals surface area contributed by atoms with Crippen molar-refractivity contribution in [1.82, 2.24) is 9.80 Å². The number of carbonyl (C=O) groups excluding carboxylic acids is 3. The molecule has 0 atom stereocenters. The van der Waals surface area contributed by atoms with E-state index in [2.05, 4.69) is 0 Å². The van der Waals surface area contributed by atoms with Gasteiger partial charge in [0.1, 0.15) is 0 Å². The molecule has 0 radical (unpaired) electrons. The highest BCUT2D eigenvalue weighted by Crippen LogP contribution is 2.23. The van der Waals surface area contributed by atoms with Crippen molar-refractivity contribution in [2.45, 2.75) is 20.4 Å². The Hall–Kier alpha value is -2.99. The third kappa shape index (κ3) is 3.50. The van der Waals surface area contributed by atoms with Gasteiger partial charge in [0, 0.05) is 6.54 Å².